The van der Waals surface area contributed by atoms with E-state index in [1.807, 2.05) is 0 Å². The van der Waals surface area contributed by atoms with Crippen LogP contribution < -0.4 is 0 Å². The van der Waals surface area contributed by atoms with Crippen molar-refractivity contribution in [3.05, 3.63) is 0 Å². The molecular weight excluding hydrogens is 208 g/mol. The van der Waals surface area contributed by atoms with Crippen LogP contribution in [0, 0.1) is 5.92 Å². The fourth-order valence-corrected chi connectivity index (χ4v) is 1.82. The van der Waals surface area contributed by atoms with Crippen molar-refractivity contribution in [1.29, 1.82) is 0 Å². The van der Waals surface area contributed by atoms with Gasteiger partial charge in [0.2, 0.25) is 4.38 Å². The van der Waals surface area contributed by atoms with Gasteiger partial charge in [0.15, 0.2) is 0 Å². The van der Waals surface area contributed by atoms with E-state index < -0.39 is 0 Å². The number of carbonyl (C=O) groups is 1. The summed E-state index contributed by atoms with van der Waals surface area (Å²) in [6.07, 6.45) is -0.0554. The first kappa shape index (κ1) is 10.8. The van der Waals surface area contributed by atoms with E-state index in [1.54, 1.807) is 13.8 Å². The third-order valence-electron chi connectivity index (χ3n) is 1.53. The first-order valence-electron chi connectivity index (χ1n) is 4.09. The van der Waals surface area contributed by atoms with Gasteiger partial charge in [-0.15, -0.1) is 0 Å². The lowest BCUT2D eigenvalue weighted by molar-refractivity contribution is -0.149. The molecule has 0 aromatic carbocycles. The Balaban J connectivity index is 2.19. The van der Waals surface area contributed by atoms with Crippen molar-refractivity contribution >= 4 is 34.3 Å². The molecule has 0 amide bonds. The summed E-state index contributed by atoms with van der Waals surface area (Å²) in [6.45, 7) is 3.92. The van der Waals surface area contributed by atoms with Crippen LogP contribution in [0.25, 0.3) is 0 Å². The highest BCUT2D eigenvalue weighted by molar-refractivity contribution is 8.22. The molecule has 13 heavy (non-hydrogen) atoms. The fourth-order valence-electron chi connectivity index (χ4n) is 0.789. The van der Waals surface area contributed by atoms with Crippen LogP contribution in [0.4, 0.5) is 0 Å². The molecule has 1 unspecified atom stereocenters. The van der Waals surface area contributed by atoms with Gasteiger partial charge in [0.25, 0.3) is 0 Å². The molecule has 1 saturated heterocycles. The van der Waals surface area contributed by atoms with Gasteiger partial charge >= 0.3 is 5.97 Å². The monoisotopic (exact) mass is 220 g/mol. The molecule has 0 radical (unpaired) electrons. The lowest BCUT2D eigenvalue weighted by atomic mass is 10.2. The second-order valence-electron chi connectivity index (χ2n) is 3.09. The molecule has 1 heterocycles. The van der Waals surface area contributed by atoms with Crippen LogP contribution in [-0.4, -0.2) is 28.8 Å². The third kappa shape index (κ3) is 3.52. The predicted octanol–water partition coefficient (Wildman–Crippen LogP) is 1.60. The molecule has 5 heteroatoms. The number of carbonyl (C=O) groups excluding carboxylic acids is 1. The summed E-state index contributed by atoms with van der Waals surface area (Å²) in [5.41, 5.74) is 0. The number of hydrogen-bond acceptors (Lipinski definition) is 5. The minimum Gasteiger partial charge on any atom is -0.471 e. The molecule has 3 nitrogen and oxygen atoms in total. The maximum atomic E-state index is 11.1. The topological polar surface area (TPSA) is 35.5 Å². The van der Waals surface area contributed by atoms with Crippen molar-refractivity contribution in [1.82, 2.24) is 0 Å². The second-order valence-corrected chi connectivity index (χ2v) is 4.71. The zero-order chi connectivity index (χ0) is 9.84. The second kappa shape index (κ2) is 4.81. The maximum Gasteiger partial charge on any atom is 0.308 e. The van der Waals surface area contributed by atoms with E-state index in [9.17, 15) is 4.79 Å². The number of hydrogen-bond donors (Lipinski definition) is 0. The highest BCUT2D eigenvalue weighted by atomic mass is 32.2. The molecule has 74 valence electrons. The van der Waals surface area contributed by atoms with Crippen LogP contribution in [0.5, 0.6) is 0 Å². The van der Waals surface area contributed by atoms with E-state index in [0.717, 1.165) is 5.75 Å². The predicted molar refractivity (Wildman–Crippen MR) is 55.7 cm³/mol. The number of thiocarbonyl (C=S) groups is 1. The summed E-state index contributed by atoms with van der Waals surface area (Å²) in [5.74, 6) is 0.511. The molecule has 0 bridgehead atoms. The molecule has 0 spiro atoms. The van der Waals surface area contributed by atoms with Crippen molar-refractivity contribution in [2.45, 2.75) is 20.0 Å². The molecule has 1 aliphatic rings. The van der Waals surface area contributed by atoms with E-state index in [-0.39, 0.29) is 18.0 Å². The molecule has 0 aromatic heterocycles. The average Bonchev–Trinajstić information content (AvgIpc) is 2.47. The Hall–Kier alpha value is -0.290. The van der Waals surface area contributed by atoms with Crippen LogP contribution in [0.1, 0.15) is 13.8 Å². The van der Waals surface area contributed by atoms with Crippen molar-refractivity contribution in [3.8, 4) is 0 Å². The van der Waals surface area contributed by atoms with Gasteiger partial charge in [0.1, 0.15) is 12.7 Å². The molecule has 1 rings (SSSR count). The Labute approximate surface area is 87.2 Å². The standard InChI is InChI=1S/C8H12O3S2/c1-5(2)7(9)10-3-6-4-13-8(12)11-6/h5-6H,3-4H2,1-2H3. The molecule has 0 N–H and O–H groups in total. The zero-order valence-electron chi connectivity index (χ0n) is 7.61. The van der Waals surface area contributed by atoms with Crippen LogP contribution in [-0.2, 0) is 14.3 Å². The summed E-state index contributed by atoms with van der Waals surface area (Å²) in [4.78, 5) is 11.1. The maximum absolute atomic E-state index is 11.1. The first-order valence-corrected chi connectivity index (χ1v) is 5.49. The SMILES string of the molecule is CC(C)C(=O)OCC1CSC(=S)O1. The lowest BCUT2D eigenvalue weighted by Gasteiger charge is -2.10. The van der Waals surface area contributed by atoms with E-state index in [1.165, 1.54) is 11.8 Å². The Morgan fingerprint density at radius 2 is 2.54 bits per heavy atom. The highest BCUT2D eigenvalue weighted by Gasteiger charge is 2.23. The molecule has 1 fully saturated rings. The number of ether oxygens (including phenoxy) is 2. The van der Waals surface area contributed by atoms with Gasteiger partial charge in [-0.1, -0.05) is 25.6 Å². The normalized spacial score (nSPS) is 21.8. The molecule has 0 saturated carbocycles. The van der Waals surface area contributed by atoms with Gasteiger partial charge in [-0.05, 0) is 12.2 Å². The minimum absolute atomic E-state index is 0.0554. The smallest absolute Gasteiger partial charge is 0.308 e. The Morgan fingerprint density at radius 1 is 1.85 bits per heavy atom. The molecule has 0 aliphatic carbocycles. The number of esters is 1. The summed E-state index contributed by atoms with van der Waals surface area (Å²) in [7, 11) is 0. The number of rotatable bonds is 3. The van der Waals surface area contributed by atoms with Crippen molar-refractivity contribution in [2.75, 3.05) is 12.4 Å². The largest absolute Gasteiger partial charge is 0.471 e. The van der Waals surface area contributed by atoms with Gasteiger partial charge in [-0.25, -0.2) is 0 Å². The van der Waals surface area contributed by atoms with Gasteiger partial charge in [-0.3, -0.25) is 4.79 Å². The molecular formula is C8H12O3S2. The summed E-state index contributed by atoms with van der Waals surface area (Å²) in [5, 5.41) is 0. The van der Waals surface area contributed by atoms with Crippen molar-refractivity contribution < 1.29 is 14.3 Å². The Bertz CT molecular complexity index is 215. The van der Waals surface area contributed by atoms with Gasteiger partial charge in [0.05, 0.1) is 5.92 Å². The van der Waals surface area contributed by atoms with E-state index in [2.05, 4.69) is 0 Å². The van der Waals surface area contributed by atoms with Gasteiger partial charge in [0, 0.05) is 5.75 Å². The lowest BCUT2D eigenvalue weighted by Crippen LogP contribution is -2.22. The average molecular weight is 220 g/mol. The molecule has 0 aromatic rings. The van der Waals surface area contributed by atoms with Crippen LogP contribution in [0.3, 0.4) is 0 Å². The fraction of sp³-hybridized carbons (Fsp3) is 0.750. The van der Waals surface area contributed by atoms with Crippen LogP contribution in [0.15, 0.2) is 0 Å². The molecule has 1 atom stereocenters. The van der Waals surface area contributed by atoms with E-state index >= 15 is 0 Å². The summed E-state index contributed by atoms with van der Waals surface area (Å²) < 4.78 is 10.8. The molecule has 1 aliphatic heterocycles. The highest BCUT2D eigenvalue weighted by Crippen LogP contribution is 2.20. The van der Waals surface area contributed by atoms with E-state index in [0.29, 0.717) is 11.0 Å². The Kier molecular flexibility index (Phi) is 3.99. The van der Waals surface area contributed by atoms with Crippen LogP contribution in [0.2, 0.25) is 0 Å². The third-order valence-corrected chi connectivity index (χ3v) is 2.85. The van der Waals surface area contributed by atoms with Gasteiger partial charge < -0.3 is 9.47 Å². The van der Waals surface area contributed by atoms with E-state index in [4.69, 9.17) is 21.7 Å². The van der Waals surface area contributed by atoms with Crippen molar-refractivity contribution in [2.24, 2.45) is 5.92 Å². The first-order chi connectivity index (χ1) is 6.09. The minimum atomic E-state index is -0.189. The number of thioether (sulfide) groups is 1. The van der Waals surface area contributed by atoms with Gasteiger partial charge in [-0.2, -0.15) is 0 Å². The zero-order valence-corrected chi connectivity index (χ0v) is 9.24. The van der Waals surface area contributed by atoms with Crippen LogP contribution >= 0.6 is 24.0 Å². The summed E-state index contributed by atoms with van der Waals surface area (Å²) >= 11 is 6.31. The van der Waals surface area contributed by atoms with Crippen molar-refractivity contribution in [3.63, 3.8) is 0 Å². The Morgan fingerprint density at radius 3 is 3.00 bits per heavy atom. The summed E-state index contributed by atoms with van der Waals surface area (Å²) in [6, 6.07) is 0. The quantitative estimate of drug-likeness (QED) is 0.533.